The third kappa shape index (κ3) is 3.88. The molecule has 1 heterocycles. The van der Waals surface area contributed by atoms with Crippen LogP contribution in [-0.2, 0) is 23.2 Å². The number of benzene rings is 1. The van der Waals surface area contributed by atoms with Crippen LogP contribution in [0.25, 0.3) is 0 Å². The van der Waals surface area contributed by atoms with Crippen LogP contribution in [-0.4, -0.2) is 35.1 Å². The number of aromatic nitrogens is 3. The first-order valence-corrected chi connectivity index (χ1v) is 8.45. The quantitative estimate of drug-likeness (QED) is 0.779. The Kier molecular flexibility index (Phi) is 5.09. The van der Waals surface area contributed by atoms with Crippen molar-refractivity contribution in [3.63, 3.8) is 0 Å². The summed E-state index contributed by atoms with van der Waals surface area (Å²) in [7, 11) is -3.67. The number of sulfonamides is 1. The minimum Gasteiger partial charge on any atom is -0.392 e. The lowest BCUT2D eigenvalue weighted by atomic mass is 10.1. The number of aryl methyl sites for hydroxylation is 1. The maximum absolute atomic E-state index is 12.3. The minimum atomic E-state index is -3.67. The Bertz CT molecular complexity index is 716. The zero-order chi connectivity index (χ0) is 15.5. The number of nitrogens with zero attached hydrogens (tertiary/aromatic N) is 3. The molecule has 0 bridgehead atoms. The lowest BCUT2D eigenvalue weighted by Gasteiger charge is -2.12. The molecule has 0 aliphatic carbocycles. The Morgan fingerprint density at radius 1 is 1.43 bits per heavy atom. The van der Waals surface area contributed by atoms with Crippen LogP contribution < -0.4 is 4.72 Å². The molecule has 2 rings (SSSR count). The minimum absolute atomic E-state index is 0.116. The van der Waals surface area contributed by atoms with Gasteiger partial charge in [0.1, 0.15) is 0 Å². The van der Waals surface area contributed by atoms with E-state index in [1.54, 1.807) is 19.2 Å². The molecule has 0 unspecified atom stereocenters. The second-order valence-corrected chi connectivity index (χ2v) is 6.98. The van der Waals surface area contributed by atoms with Gasteiger partial charge in [-0.3, -0.25) is 4.68 Å². The molecule has 7 nitrogen and oxygen atoms in total. The summed E-state index contributed by atoms with van der Waals surface area (Å²) in [5.74, 6) is 0. The van der Waals surface area contributed by atoms with Gasteiger partial charge in [0.2, 0.25) is 10.0 Å². The van der Waals surface area contributed by atoms with Crippen molar-refractivity contribution in [3.05, 3.63) is 40.1 Å². The van der Waals surface area contributed by atoms with Gasteiger partial charge in [-0.1, -0.05) is 11.3 Å². The van der Waals surface area contributed by atoms with Crippen molar-refractivity contribution in [2.24, 2.45) is 0 Å². The van der Waals surface area contributed by atoms with Crippen molar-refractivity contribution in [2.75, 3.05) is 6.54 Å². The first-order valence-electron chi connectivity index (χ1n) is 6.17. The summed E-state index contributed by atoms with van der Waals surface area (Å²) in [6, 6.07) is 3.19. The average Bonchev–Trinajstić information content (AvgIpc) is 2.94. The van der Waals surface area contributed by atoms with Gasteiger partial charge < -0.3 is 5.11 Å². The molecule has 0 spiro atoms. The molecule has 2 N–H and O–H groups in total. The molecular formula is C12H15BrN4O3S. The van der Waals surface area contributed by atoms with E-state index in [0.29, 0.717) is 16.6 Å². The number of hydrogen-bond acceptors (Lipinski definition) is 5. The molecule has 0 aliphatic heterocycles. The molecule has 2 aromatic rings. The van der Waals surface area contributed by atoms with Crippen LogP contribution in [0.5, 0.6) is 0 Å². The molecule has 0 saturated carbocycles. The molecular weight excluding hydrogens is 360 g/mol. The summed E-state index contributed by atoms with van der Waals surface area (Å²) in [4.78, 5) is 0.116. The maximum atomic E-state index is 12.3. The van der Waals surface area contributed by atoms with Crippen LogP contribution in [0.3, 0.4) is 0 Å². The highest BCUT2D eigenvalue weighted by Crippen LogP contribution is 2.27. The van der Waals surface area contributed by atoms with E-state index in [9.17, 15) is 13.5 Å². The zero-order valence-corrected chi connectivity index (χ0v) is 13.7. The van der Waals surface area contributed by atoms with Gasteiger partial charge >= 0.3 is 0 Å². The molecule has 9 heteroatoms. The Balaban J connectivity index is 2.17. The second kappa shape index (κ2) is 6.65. The van der Waals surface area contributed by atoms with E-state index in [2.05, 4.69) is 31.0 Å². The van der Waals surface area contributed by atoms with E-state index in [4.69, 9.17) is 0 Å². The number of hydrogen-bond donors (Lipinski definition) is 2. The molecule has 0 amide bonds. The Hall–Kier alpha value is -1.29. The van der Waals surface area contributed by atoms with Gasteiger partial charge in [-0.15, -0.1) is 5.10 Å². The fraction of sp³-hybridized carbons (Fsp3) is 0.333. The average molecular weight is 375 g/mol. The van der Waals surface area contributed by atoms with Gasteiger partial charge in [-0.05, 0) is 40.0 Å². The van der Waals surface area contributed by atoms with E-state index in [-0.39, 0.29) is 18.0 Å². The molecule has 0 aliphatic rings. The lowest BCUT2D eigenvalue weighted by Crippen LogP contribution is -2.28. The predicted molar refractivity (Wildman–Crippen MR) is 80.0 cm³/mol. The van der Waals surface area contributed by atoms with Gasteiger partial charge in [-0.2, -0.15) is 0 Å². The summed E-state index contributed by atoms with van der Waals surface area (Å²) >= 11 is 3.28. The number of aliphatic hydroxyl groups is 1. The van der Waals surface area contributed by atoms with E-state index in [1.807, 2.05) is 0 Å². The molecule has 0 radical (unpaired) electrons. The van der Waals surface area contributed by atoms with Gasteiger partial charge in [0.25, 0.3) is 0 Å². The Morgan fingerprint density at radius 2 is 2.19 bits per heavy atom. The van der Waals surface area contributed by atoms with E-state index < -0.39 is 10.0 Å². The van der Waals surface area contributed by atoms with Crippen molar-refractivity contribution in [1.29, 1.82) is 0 Å². The predicted octanol–water partition coefficient (Wildman–Crippen LogP) is 0.820. The molecule has 0 saturated heterocycles. The highest BCUT2D eigenvalue weighted by atomic mass is 79.9. The third-order valence-corrected chi connectivity index (χ3v) is 5.66. The Morgan fingerprint density at radius 3 is 2.81 bits per heavy atom. The highest BCUT2D eigenvalue weighted by molar-refractivity contribution is 9.10. The van der Waals surface area contributed by atoms with Gasteiger partial charge in [-0.25, -0.2) is 13.1 Å². The van der Waals surface area contributed by atoms with Crippen molar-refractivity contribution in [2.45, 2.75) is 25.0 Å². The normalized spacial score (nSPS) is 11.8. The van der Waals surface area contributed by atoms with E-state index in [0.717, 1.165) is 5.56 Å². The number of rotatable bonds is 6. The largest absolute Gasteiger partial charge is 0.392 e. The van der Waals surface area contributed by atoms with Gasteiger partial charge in [0.05, 0.1) is 24.2 Å². The molecule has 1 aromatic carbocycles. The van der Waals surface area contributed by atoms with Crippen LogP contribution in [0.1, 0.15) is 11.1 Å². The molecule has 1 aromatic heterocycles. The van der Waals surface area contributed by atoms with Crippen molar-refractivity contribution in [1.82, 2.24) is 19.7 Å². The smallest absolute Gasteiger partial charge is 0.241 e. The fourth-order valence-corrected chi connectivity index (χ4v) is 3.91. The first-order chi connectivity index (χ1) is 9.94. The van der Waals surface area contributed by atoms with Crippen LogP contribution in [0, 0.1) is 6.92 Å². The van der Waals surface area contributed by atoms with Crippen molar-refractivity contribution >= 4 is 26.0 Å². The monoisotopic (exact) mass is 374 g/mol. The summed E-state index contributed by atoms with van der Waals surface area (Å²) in [5, 5.41) is 16.6. The number of nitrogens with one attached hydrogen (secondary N) is 1. The zero-order valence-electron chi connectivity index (χ0n) is 11.3. The summed E-state index contributed by atoms with van der Waals surface area (Å²) in [5.41, 5.74) is 1.30. The van der Waals surface area contributed by atoms with Crippen LogP contribution in [0.15, 0.2) is 33.9 Å². The molecule has 0 fully saturated rings. The second-order valence-electron chi connectivity index (χ2n) is 4.45. The standard InChI is InChI=1S/C12H15BrN4O3S/c1-9-6-10(8-18)7-11(12(9)13)21(19,20)15-3-5-17-4-2-14-16-17/h2,4,6-7,15,18H,3,5,8H2,1H3. The summed E-state index contributed by atoms with van der Waals surface area (Å²) in [6.45, 7) is 2.14. The van der Waals surface area contributed by atoms with Crippen molar-refractivity contribution in [3.8, 4) is 0 Å². The Labute approximate surface area is 131 Å². The van der Waals surface area contributed by atoms with E-state index >= 15 is 0 Å². The highest BCUT2D eigenvalue weighted by Gasteiger charge is 2.19. The van der Waals surface area contributed by atoms with Crippen LogP contribution in [0.4, 0.5) is 0 Å². The molecule has 21 heavy (non-hydrogen) atoms. The SMILES string of the molecule is Cc1cc(CO)cc(S(=O)(=O)NCCn2ccnn2)c1Br. The topological polar surface area (TPSA) is 97.1 Å². The van der Waals surface area contributed by atoms with Crippen LogP contribution in [0.2, 0.25) is 0 Å². The lowest BCUT2D eigenvalue weighted by molar-refractivity contribution is 0.281. The van der Waals surface area contributed by atoms with Crippen LogP contribution >= 0.6 is 15.9 Å². The van der Waals surface area contributed by atoms with Gasteiger partial charge in [0, 0.05) is 17.2 Å². The number of aliphatic hydroxyl groups excluding tert-OH is 1. The maximum Gasteiger partial charge on any atom is 0.241 e. The van der Waals surface area contributed by atoms with Crippen molar-refractivity contribution < 1.29 is 13.5 Å². The third-order valence-electron chi connectivity index (χ3n) is 2.86. The molecule has 0 atom stereocenters. The first kappa shape index (κ1) is 16.1. The van der Waals surface area contributed by atoms with Gasteiger partial charge in [0.15, 0.2) is 0 Å². The summed E-state index contributed by atoms with van der Waals surface area (Å²) < 4.78 is 29.2. The fourth-order valence-electron chi connectivity index (χ4n) is 1.82. The summed E-state index contributed by atoms with van der Waals surface area (Å²) in [6.07, 6.45) is 3.18. The molecule has 114 valence electrons. The van der Waals surface area contributed by atoms with E-state index in [1.165, 1.54) is 16.9 Å². The number of halogens is 1.